The molecular weight excluding hydrogens is 420 g/mol. The summed E-state index contributed by atoms with van der Waals surface area (Å²) < 4.78 is 52.4. The Kier molecular flexibility index (Phi) is 4.90. The van der Waals surface area contributed by atoms with Crippen molar-refractivity contribution in [1.29, 1.82) is 0 Å². The lowest BCUT2D eigenvalue weighted by atomic mass is 10.1. The molecule has 0 aliphatic carbocycles. The Bertz CT molecular complexity index is 1150. The molecule has 1 aliphatic heterocycles. The second kappa shape index (κ2) is 7.42. The molecule has 1 N–H and O–H groups in total. The minimum absolute atomic E-state index is 0.0102. The van der Waals surface area contributed by atoms with Crippen molar-refractivity contribution < 1.29 is 27.2 Å². The second-order valence-electron chi connectivity index (χ2n) is 6.35. The Labute approximate surface area is 172 Å². The maximum atomic E-state index is 13.3. The van der Waals surface area contributed by atoms with Gasteiger partial charge in [0.15, 0.2) is 0 Å². The summed E-state index contributed by atoms with van der Waals surface area (Å²) in [7, 11) is 0. The number of benzene rings is 2. The molecule has 0 radical (unpaired) electrons. The lowest BCUT2D eigenvalue weighted by molar-refractivity contribution is -0.137. The highest BCUT2D eigenvalue weighted by molar-refractivity contribution is 7.11. The third kappa shape index (κ3) is 3.59. The predicted molar refractivity (Wildman–Crippen MR) is 105 cm³/mol. The van der Waals surface area contributed by atoms with E-state index in [-0.39, 0.29) is 22.6 Å². The molecule has 1 aromatic heterocycles. The van der Waals surface area contributed by atoms with Crippen LogP contribution in [0.5, 0.6) is 0 Å². The molecule has 2 aromatic carbocycles. The summed E-state index contributed by atoms with van der Waals surface area (Å²) in [6, 6.07) is 12.4. The van der Waals surface area contributed by atoms with E-state index in [0.29, 0.717) is 4.88 Å². The fourth-order valence-electron chi connectivity index (χ4n) is 3.04. The van der Waals surface area contributed by atoms with Crippen LogP contribution in [0.25, 0.3) is 5.57 Å². The van der Waals surface area contributed by atoms with E-state index < -0.39 is 29.4 Å². The van der Waals surface area contributed by atoms with Gasteiger partial charge in [-0.2, -0.15) is 13.2 Å². The van der Waals surface area contributed by atoms with E-state index in [0.717, 1.165) is 29.2 Å². The largest absolute Gasteiger partial charge is 0.416 e. The van der Waals surface area contributed by atoms with Crippen LogP contribution in [0, 0.1) is 5.82 Å². The number of thiophene rings is 1. The van der Waals surface area contributed by atoms with Gasteiger partial charge in [0, 0.05) is 10.6 Å². The Morgan fingerprint density at radius 3 is 2.27 bits per heavy atom. The summed E-state index contributed by atoms with van der Waals surface area (Å²) >= 11 is 1.21. The van der Waals surface area contributed by atoms with Crippen LogP contribution < -0.4 is 10.2 Å². The second-order valence-corrected chi connectivity index (χ2v) is 7.30. The molecule has 0 spiro atoms. The number of imide groups is 1. The van der Waals surface area contributed by atoms with Gasteiger partial charge < -0.3 is 5.32 Å². The number of halogens is 4. The minimum Gasteiger partial charge on any atom is -0.350 e. The lowest BCUT2D eigenvalue weighted by Gasteiger charge is -2.15. The number of carbonyl (C=O) groups excluding carboxylic acids is 2. The fraction of sp³-hybridized carbons (Fsp3) is 0.0476. The number of rotatable bonds is 4. The number of alkyl halides is 3. The highest BCUT2D eigenvalue weighted by atomic mass is 32.1. The summed E-state index contributed by atoms with van der Waals surface area (Å²) in [5.74, 6) is -1.93. The third-order valence-electron chi connectivity index (χ3n) is 4.40. The molecule has 0 fully saturated rings. The number of anilines is 2. The summed E-state index contributed by atoms with van der Waals surface area (Å²) in [6.45, 7) is 0. The highest BCUT2D eigenvalue weighted by Gasteiger charge is 2.41. The van der Waals surface area contributed by atoms with E-state index >= 15 is 0 Å². The van der Waals surface area contributed by atoms with Gasteiger partial charge in [-0.3, -0.25) is 9.59 Å². The van der Waals surface area contributed by atoms with Crippen molar-refractivity contribution in [2.45, 2.75) is 6.18 Å². The average molecular weight is 432 g/mol. The van der Waals surface area contributed by atoms with Gasteiger partial charge in [0.25, 0.3) is 11.8 Å². The van der Waals surface area contributed by atoms with Crippen molar-refractivity contribution in [3.63, 3.8) is 0 Å². The first-order valence-electron chi connectivity index (χ1n) is 8.62. The van der Waals surface area contributed by atoms with Crippen LogP contribution in [0.4, 0.5) is 28.9 Å². The quantitative estimate of drug-likeness (QED) is 0.450. The van der Waals surface area contributed by atoms with Crippen LogP contribution in [0.15, 0.2) is 71.7 Å². The molecule has 1 aliphatic rings. The minimum atomic E-state index is -4.56. The molecule has 2 amide bonds. The molecule has 30 heavy (non-hydrogen) atoms. The number of hydrogen-bond acceptors (Lipinski definition) is 4. The Hall–Kier alpha value is -3.46. The molecule has 0 saturated carbocycles. The zero-order chi connectivity index (χ0) is 21.5. The summed E-state index contributed by atoms with van der Waals surface area (Å²) in [5.41, 5.74) is -0.835. The smallest absolute Gasteiger partial charge is 0.350 e. The van der Waals surface area contributed by atoms with Crippen LogP contribution >= 0.6 is 11.3 Å². The summed E-state index contributed by atoms with van der Waals surface area (Å²) in [4.78, 5) is 27.5. The molecule has 2 heterocycles. The van der Waals surface area contributed by atoms with Crippen molar-refractivity contribution in [2.75, 3.05) is 10.2 Å². The van der Waals surface area contributed by atoms with Crippen LogP contribution in [0.3, 0.4) is 0 Å². The van der Waals surface area contributed by atoms with E-state index in [9.17, 15) is 27.2 Å². The van der Waals surface area contributed by atoms with Crippen molar-refractivity contribution >= 4 is 40.1 Å². The average Bonchev–Trinajstić information content (AvgIpc) is 3.30. The molecule has 0 bridgehead atoms. The SMILES string of the molecule is O=C1C(Nc2cccc(C(F)(F)F)c2)=C(c2cccs2)C(=O)N1c1ccc(F)cc1. The van der Waals surface area contributed by atoms with Crippen LogP contribution in [0.2, 0.25) is 0 Å². The highest BCUT2D eigenvalue weighted by Crippen LogP contribution is 2.36. The van der Waals surface area contributed by atoms with Gasteiger partial charge in [-0.25, -0.2) is 9.29 Å². The zero-order valence-corrected chi connectivity index (χ0v) is 15.9. The van der Waals surface area contributed by atoms with Gasteiger partial charge >= 0.3 is 6.18 Å². The van der Waals surface area contributed by atoms with Crippen molar-refractivity contribution in [1.82, 2.24) is 0 Å². The van der Waals surface area contributed by atoms with Crippen LogP contribution in [0.1, 0.15) is 10.4 Å². The summed E-state index contributed by atoms with van der Waals surface area (Å²) in [6.07, 6.45) is -4.56. The Morgan fingerprint density at radius 1 is 0.900 bits per heavy atom. The molecule has 0 atom stereocenters. The Morgan fingerprint density at radius 2 is 1.63 bits per heavy atom. The monoisotopic (exact) mass is 432 g/mol. The Balaban J connectivity index is 1.77. The summed E-state index contributed by atoms with van der Waals surface area (Å²) in [5, 5.41) is 4.39. The number of amides is 2. The molecule has 9 heteroatoms. The molecule has 3 aromatic rings. The third-order valence-corrected chi connectivity index (χ3v) is 5.28. The van der Waals surface area contributed by atoms with E-state index in [2.05, 4.69) is 5.32 Å². The molecule has 152 valence electrons. The lowest BCUT2D eigenvalue weighted by Crippen LogP contribution is -2.32. The predicted octanol–water partition coefficient (Wildman–Crippen LogP) is 5.30. The molecule has 4 rings (SSSR count). The van der Waals surface area contributed by atoms with Crippen LogP contribution in [-0.4, -0.2) is 11.8 Å². The molecular formula is C21H12F4N2O2S. The zero-order valence-electron chi connectivity index (χ0n) is 15.0. The topological polar surface area (TPSA) is 49.4 Å². The van der Waals surface area contributed by atoms with Crippen molar-refractivity contribution in [3.05, 3.63) is 88.0 Å². The maximum Gasteiger partial charge on any atom is 0.416 e. The van der Waals surface area contributed by atoms with Gasteiger partial charge in [-0.15, -0.1) is 11.3 Å². The molecule has 0 unspecified atom stereocenters. The van der Waals surface area contributed by atoms with Crippen molar-refractivity contribution in [3.8, 4) is 0 Å². The normalized spacial score (nSPS) is 14.6. The van der Waals surface area contributed by atoms with Gasteiger partial charge in [0.05, 0.1) is 16.8 Å². The molecule has 4 nitrogen and oxygen atoms in total. The molecule has 0 saturated heterocycles. The standard InChI is InChI=1S/C21H12F4N2O2S/c22-13-6-8-15(9-7-13)27-19(28)17(16-5-2-10-30-16)18(20(27)29)26-14-4-1-3-12(11-14)21(23,24)25/h1-11,26H. The first-order valence-corrected chi connectivity index (χ1v) is 9.50. The van der Waals surface area contributed by atoms with Gasteiger partial charge in [0.1, 0.15) is 11.5 Å². The maximum absolute atomic E-state index is 13.3. The van der Waals surface area contributed by atoms with E-state index in [4.69, 9.17) is 0 Å². The van der Waals surface area contributed by atoms with E-state index in [1.807, 2.05) is 0 Å². The number of nitrogens with zero attached hydrogens (tertiary/aromatic N) is 1. The number of hydrogen-bond donors (Lipinski definition) is 1. The number of nitrogens with one attached hydrogen (secondary N) is 1. The van der Waals surface area contributed by atoms with Gasteiger partial charge in [-0.1, -0.05) is 12.1 Å². The first-order chi connectivity index (χ1) is 14.3. The van der Waals surface area contributed by atoms with Gasteiger partial charge in [-0.05, 0) is 53.9 Å². The van der Waals surface area contributed by atoms with Crippen LogP contribution in [-0.2, 0) is 15.8 Å². The first kappa shape index (κ1) is 19.8. The number of carbonyl (C=O) groups is 2. The van der Waals surface area contributed by atoms with E-state index in [1.165, 1.54) is 35.6 Å². The van der Waals surface area contributed by atoms with E-state index in [1.54, 1.807) is 17.5 Å². The fourth-order valence-corrected chi connectivity index (χ4v) is 3.81. The van der Waals surface area contributed by atoms with Crippen molar-refractivity contribution in [2.24, 2.45) is 0 Å². The van der Waals surface area contributed by atoms with Gasteiger partial charge in [0.2, 0.25) is 0 Å².